The smallest absolute Gasteiger partial charge is 0.119 e. The standard InChI is InChI=1S/C12H18O2/c1-3-5-11(13)8-10-6-4-7-12(9-10)14-2/h4,6-7,9,11,13H,3,5,8H2,1-2H3. The number of hydrogen-bond acceptors (Lipinski definition) is 2. The summed E-state index contributed by atoms with van der Waals surface area (Å²) in [6, 6.07) is 7.85. The number of benzene rings is 1. The minimum Gasteiger partial charge on any atom is -0.497 e. The van der Waals surface area contributed by atoms with Crippen LogP contribution in [0.3, 0.4) is 0 Å². The quantitative estimate of drug-likeness (QED) is 0.780. The highest BCUT2D eigenvalue weighted by molar-refractivity contribution is 5.28. The molecule has 1 aromatic rings. The third-order valence-electron chi connectivity index (χ3n) is 2.23. The number of methoxy groups -OCH3 is 1. The van der Waals surface area contributed by atoms with E-state index in [1.807, 2.05) is 24.3 Å². The Morgan fingerprint density at radius 1 is 1.43 bits per heavy atom. The van der Waals surface area contributed by atoms with Crippen LogP contribution in [0.5, 0.6) is 5.75 Å². The zero-order valence-corrected chi connectivity index (χ0v) is 8.86. The molecule has 1 N–H and O–H groups in total. The van der Waals surface area contributed by atoms with E-state index in [1.165, 1.54) is 0 Å². The van der Waals surface area contributed by atoms with E-state index in [2.05, 4.69) is 6.92 Å². The maximum Gasteiger partial charge on any atom is 0.119 e. The molecule has 0 heterocycles. The van der Waals surface area contributed by atoms with Gasteiger partial charge in [-0.15, -0.1) is 0 Å². The maximum absolute atomic E-state index is 9.63. The average Bonchev–Trinajstić information content (AvgIpc) is 2.18. The summed E-state index contributed by atoms with van der Waals surface area (Å²) in [6.07, 6.45) is 2.36. The summed E-state index contributed by atoms with van der Waals surface area (Å²) in [7, 11) is 1.65. The van der Waals surface area contributed by atoms with Crippen molar-refractivity contribution < 1.29 is 9.84 Å². The zero-order chi connectivity index (χ0) is 10.4. The molecule has 1 aromatic carbocycles. The van der Waals surface area contributed by atoms with E-state index in [1.54, 1.807) is 7.11 Å². The molecule has 14 heavy (non-hydrogen) atoms. The molecule has 0 aliphatic carbocycles. The van der Waals surface area contributed by atoms with Gasteiger partial charge in [-0.3, -0.25) is 0 Å². The molecule has 2 nitrogen and oxygen atoms in total. The van der Waals surface area contributed by atoms with Crippen molar-refractivity contribution in [2.24, 2.45) is 0 Å². The fraction of sp³-hybridized carbons (Fsp3) is 0.500. The highest BCUT2D eigenvalue weighted by atomic mass is 16.5. The Bertz CT molecular complexity index is 271. The van der Waals surface area contributed by atoms with Gasteiger partial charge in [0.15, 0.2) is 0 Å². The summed E-state index contributed by atoms with van der Waals surface area (Å²) in [6.45, 7) is 2.08. The Labute approximate surface area is 85.5 Å². The molecule has 2 heteroatoms. The molecule has 78 valence electrons. The van der Waals surface area contributed by atoms with Gasteiger partial charge in [0.2, 0.25) is 0 Å². The normalized spacial score (nSPS) is 12.5. The molecular weight excluding hydrogens is 176 g/mol. The van der Waals surface area contributed by atoms with Gasteiger partial charge in [-0.1, -0.05) is 25.5 Å². The first-order chi connectivity index (χ1) is 6.76. The molecule has 0 aliphatic rings. The monoisotopic (exact) mass is 194 g/mol. The van der Waals surface area contributed by atoms with Gasteiger partial charge in [0.05, 0.1) is 13.2 Å². The largest absolute Gasteiger partial charge is 0.497 e. The van der Waals surface area contributed by atoms with Crippen molar-refractivity contribution in [1.29, 1.82) is 0 Å². The number of hydrogen-bond donors (Lipinski definition) is 1. The van der Waals surface area contributed by atoms with E-state index in [9.17, 15) is 5.11 Å². The number of aliphatic hydroxyl groups is 1. The van der Waals surface area contributed by atoms with E-state index >= 15 is 0 Å². The van der Waals surface area contributed by atoms with Gasteiger partial charge in [-0.2, -0.15) is 0 Å². The molecule has 1 unspecified atom stereocenters. The Balaban J connectivity index is 2.57. The molecule has 0 aliphatic heterocycles. The van der Waals surface area contributed by atoms with Gasteiger partial charge in [-0.25, -0.2) is 0 Å². The van der Waals surface area contributed by atoms with Crippen LogP contribution >= 0.6 is 0 Å². The number of rotatable bonds is 5. The highest BCUT2D eigenvalue weighted by Gasteiger charge is 2.04. The number of ether oxygens (including phenoxy) is 1. The summed E-state index contributed by atoms with van der Waals surface area (Å²) < 4.78 is 5.11. The maximum atomic E-state index is 9.63. The Hall–Kier alpha value is -1.02. The fourth-order valence-electron chi connectivity index (χ4n) is 1.51. The van der Waals surface area contributed by atoms with Crippen LogP contribution in [0.2, 0.25) is 0 Å². The molecule has 1 atom stereocenters. The van der Waals surface area contributed by atoms with Gasteiger partial charge >= 0.3 is 0 Å². The van der Waals surface area contributed by atoms with Crippen molar-refractivity contribution in [3.8, 4) is 5.75 Å². The zero-order valence-electron chi connectivity index (χ0n) is 8.86. The third-order valence-corrected chi connectivity index (χ3v) is 2.23. The van der Waals surface area contributed by atoms with Crippen LogP contribution in [-0.2, 0) is 6.42 Å². The average molecular weight is 194 g/mol. The molecule has 0 spiro atoms. The predicted molar refractivity (Wildman–Crippen MR) is 57.6 cm³/mol. The second kappa shape index (κ2) is 5.66. The Morgan fingerprint density at radius 3 is 2.86 bits per heavy atom. The first-order valence-electron chi connectivity index (χ1n) is 5.07. The molecule has 0 radical (unpaired) electrons. The van der Waals surface area contributed by atoms with Gasteiger partial charge in [0, 0.05) is 0 Å². The predicted octanol–water partition coefficient (Wildman–Crippen LogP) is 2.40. The SMILES string of the molecule is CCCC(O)Cc1cccc(OC)c1. The van der Waals surface area contributed by atoms with Crippen molar-refractivity contribution in [3.05, 3.63) is 29.8 Å². The molecule has 0 bridgehead atoms. The van der Waals surface area contributed by atoms with Crippen LogP contribution in [0, 0.1) is 0 Å². The Morgan fingerprint density at radius 2 is 2.21 bits per heavy atom. The van der Waals surface area contributed by atoms with Crippen LogP contribution in [0.25, 0.3) is 0 Å². The molecule has 0 amide bonds. The summed E-state index contributed by atoms with van der Waals surface area (Å²) in [4.78, 5) is 0. The minimum atomic E-state index is -0.230. The van der Waals surface area contributed by atoms with Crippen LogP contribution < -0.4 is 4.74 Å². The van der Waals surface area contributed by atoms with Gasteiger partial charge in [0.1, 0.15) is 5.75 Å². The van der Waals surface area contributed by atoms with E-state index in [4.69, 9.17) is 4.74 Å². The summed E-state index contributed by atoms with van der Waals surface area (Å²) in [5.41, 5.74) is 1.13. The Kier molecular flexibility index (Phi) is 4.47. The fourth-order valence-corrected chi connectivity index (χ4v) is 1.51. The molecular formula is C12H18O2. The lowest BCUT2D eigenvalue weighted by Gasteiger charge is -2.09. The lowest BCUT2D eigenvalue weighted by Crippen LogP contribution is -2.09. The topological polar surface area (TPSA) is 29.5 Å². The van der Waals surface area contributed by atoms with Gasteiger partial charge < -0.3 is 9.84 Å². The first-order valence-corrected chi connectivity index (χ1v) is 5.07. The van der Waals surface area contributed by atoms with Crippen molar-refractivity contribution in [2.75, 3.05) is 7.11 Å². The van der Waals surface area contributed by atoms with Crippen LogP contribution in [-0.4, -0.2) is 18.3 Å². The van der Waals surface area contributed by atoms with Gasteiger partial charge in [-0.05, 0) is 30.5 Å². The molecule has 0 fully saturated rings. The van der Waals surface area contributed by atoms with Gasteiger partial charge in [0.25, 0.3) is 0 Å². The summed E-state index contributed by atoms with van der Waals surface area (Å²) in [5, 5.41) is 9.63. The summed E-state index contributed by atoms with van der Waals surface area (Å²) >= 11 is 0. The van der Waals surface area contributed by atoms with Crippen molar-refractivity contribution in [3.63, 3.8) is 0 Å². The molecule has 0 saturated carbocycles. The van der Waals surface area contributed by atoms with Crippen LogP contribution in [0.4, 0.5) is 0 Å². The van der Waals surface area contributed by atoms with Crippen molar-refractivity contribution in [2.45, 2.75) is 32.3 Å². The van der Waals surface area contributed by atoms with E-state index in [0.717, 1.165) is 24.2 Å². The number of aliphatic hydroxyl groups excluding tert-OH is 1. The first kappa shape index (κ1) is 11.1. The van der Waals surface area contributed by atoms with E-state index < -0.39 is 0 Å². The lowest BCUT2D eigenvalue weighted by atomic mass is 10.0. The molecule has 0 saturated heterocycles. The van der Waals surface area contributed by atoms with Crippen LogP contribution in [0.15, 0.2) is 24.3 Å². The van der Waals surface area contributed by atoms with E-state index in [0.29, 0.717) is 6.42 Å². The lowest BCUT2D eigenvalue weighted by molar-refractivity contribution is 0.164. The highest BCUT2D eigenvalue weighted by Crippen LogP contribution is 2.15. The minimum absolute atomic E-state index is 0.230. The molecule has 1 rings (SSSR count). The summed E-state index contributed by atoms with van der Waals surface area (Å²) in [5.74, 6) is 0.853. The van der Waals surface area contributed by atoms with Crippen molar-refractivity contribution in [1.82, 2.24) is 0 Å². The van der Waals surface area contributed by atoms with Crippen molar-refractivity contribution >= 4 is 0 Å². The van der Waals surface area contributed by atoms with Crippen LogP contribution in [0.1, 0.15) is 25.3 Å². The second-order valence-electron chi connectivity index (χ2n) is 3.50. The molecule has 0 aromatic heterocycles. The second-order valence-corrected chi connectivity index (χ2v) is 3.50. The third kappa shape index (κ3) is 3.38. The van der Waals surface area contributed by atoms with E-state index in [-0.39, 0.29) is 6.10 Å².